The molecule has 5 aliphatic rings. The number of carbonyl (C=O) groups excluding carboxylic acids is 1. The highest BCUT2D eigenvalue weighted by Crippen LogP contribution is 2.67. The minimum atomic E-state index is -1.44. The summed E-state index contributed by atoms with van der Waals surface area (Å²) >= 11 is 0. The van der Waals surface area contributed by atoms with Crippen molar-refractivity contribution in [3.8, 4) is 0 Å². The topological polar surface area (TPSA) is 105 Å². The van der Waals surface area contributed by atoms with Crippen molar-refractivity contribution in [3.05, 3.63) is 11.6 Å². The quantitative estimate of drug-likeness (QED) is 0.0608. The van der Waals surface area contributed by atoms with Gasteiger partial charge in [0.2, 0.25) is 0 Å². The molecule has 0 bridgehead atoms. The van der Waals surface area contributed by atoms with E-state index in [1.807, 2.05) is 0 Å². The Kier molecular flexibility index (Phi) is 16.8. The first-order chi connectivity index (χ1) is 25.9. The van der Waals surface area contributed by atoms with Gasteiger partial charge in [-0.2, -0.15) is 0 Å². The lowest BCUT2D eigenvalue weighted by Crippen LogP contribution is -2.60. The van der Waals surface area contributed by atoms with Crippen LogP contribution < -0.4 is 0 Å². The van der Waals surface area contributed by atoms with E-state index in [2.05, 4.69) is 47.6 Å². The van der Waals surface area contributed by atoms with E-state index in [1.54, 1.807) is 0 Å². The molecular formula is C47H82O7. The van der Waals surface area contributed by atoms with Gasteiger partial charge in [-0.3, -0.25) is 4.79 Å². The van der Waals surface area contributed by atoms with Crippen molar-refractivity contribution in [2.45, 2.75) is 226 Å². The maximum absolute atomic E-state index is 12.5. The van der Waals surface area contributed by atoms with E-state index in [-0.39, 0.29) is 24.1 Å². The molecule has 0 spiro atoms. The molecular weight excluding hydrogens is 677 g/mol. The predicted octanol–water partition coefficient (Wildman–Crippen LogP) is 10.5. The molecule has 3 N–H and O–H groups in total. The molecule has 7 nitrogen and oxygen atoms in total. The molecule has 0 radical (unpaired) electrons. The van der Waals surface area contributed by atoms with E-state index in [0.29, 0.717) is 17.8 Å². The number of esters is 1. The number of hydrogen-bond donors (Lipinski definition) is 3. The first-order valence-corrected chi connectivity index (χ1v) is 23.1. The van der Waals surface area contributed by atoms with Crippen LogP contribution in [-0.4, -0.2) is 64.7 Å². The summed E-state index contributed by atoms with van der Waals surface area (Å²) in [5, 5.41) is 32.4. The molecule has 1 aliphatic heterocycles. The highest BCUT2D eigenvalue weighted by atomic mass is 16.7. The Morgan fingerprint density at radius 1 is 0.815 bits per heavy atom. The maximum atomic E-state index is 12.5. The normalized spacial score (nSPS) is 38.4. The maximum Gasteiger partial charge on any atom is 0.305 e. The fourth-order valence-electron chi connectivity index (χ4n) is 12.3. The van der Waals surface area contributed by atoms with Crippen molar-refractivity contribution in [2.75, 3.05) is 6.61 Å². The van der Waals surface area contributed by atoms with Gasteiger partial charge >= 0.3 is 5.97 Å². The Bertz CT molecular complexity index is 1170. The van der Waals surface area contributed by atoms with Crippen molar-refractivity contribution in [1.29, 1.82) is 0 Å². The van der Waals surface area contributed by atoms with Crippen molar-refractivity contribution < 1.29 is 34.3 Å². The number of hydrogen-bond acceptors (Lipinski definition) is 7. The Labute approximate surface area is 330 Å². The van der Waals surface area contributed by atoms with Crippen molar-refractivity contribution in [2.24, 2.45) is 46.3 Å². The fourth-order valence-corrected chi connectivity index (χ4v) is 12.3. The number of allylic oxidation sites excluding steroid dienone is 1. The summed E-state index contributed by atoms with van der Waals surface area (Å²) in [7, 11) is 0. The number of rotatable bonds is 21. The molecule has 4 fully saturated rings. The van der Waals surface area contributed by atoms with Gasteiger partial charge in [0.15, 0.2) is 6.29 Å². The minimum absolute atomic E-state index is 0.136. The summed E-state index contributed by atoms with van der Waals surface area (Å²) < 4.78 is 18.0. The SMILES string of the molecule is CCCCCCCCCCCCCC(=O)OC[C@H]1OC(OC2CC[C@@]3(C)C(=CCC4C3CC[C@@]3(C)C4CC[C@@H]3[C@H](C)CCCC(C)C)C2)[C@H](O)[C@@H](O)[C@@H]1O. The lowest BCUT2D eigenvalue weighted by atomic mass is 9.47. The average Bonchev–Trinajstić information content (AvgIpc) is 3.50. The van der Waals surface area contributed by atoms with Crippen molar-refractivity contribution in [1.82, 2.24) is 0 Å². The monoisotopic (exact) mass is 759 g/mol. The summed E-state index contributed by atoms with van der Waals surface area (Å²) in [5.41, 5.74) is 2.15. The second-order valence-electron chi connectivity index (χ2n) is 19.8. The molecule has 0 aromatic carbocycles. The van der Waals surface area contributed by atoms with Crippen LogP contribution in [0.3, 0.4) is 0 Å². The van der Waals surface area contributed by atoms with Crippen LogP contribution in [0.25, 0.3) is 0 Å². The van der Waals surface area contributed by atoms with E-state index in [0.717, 1.165) is 74.5 Å². The Morgan fingerprint density at radius 3 is 2.19 bits per heavy atom. The predicted molar refractivity (Wildman–Crippen MR) is 217 cm³/mol. The number of carbonyl (C=O) groups is 1. The van der Waals surface area contributed by atoms with E-state index in [1.165, 1.54) is 102 Å². The molecule has 5 unspecified atom stereocenters. The molecule has 0 amide bonds. The third-order valence-electron chi connectivity index (χ3n) is 15.6. The van der Waals surface area contributed by atoms with E-state index in [4.69, 9.17) is 14.2 Å². The van der Waals surface area contributed by atoms with Crippen molar-refractivity contribution in [3.63, 3.8) is 0 Å². The Hall–Kier alpha value is -0.990. The van der Waals surface area contributed by atoms with Crippen molar-refractivity contribution >= 4 is 5.97 Å². The summed E-state index contributed by atoms with van der Waals surface area (Å²) in [6, 6.07) is 0. The van der Waals surface area contributed by atoms with Crippen LogP contribution in [0.5, 0.6) is 0 Å². The van der Waals surface area contributed by atoms with E-state index in [9.17, 15) is 20.1 Å². The van der Waals surface area contributed by atoms with E-state index < -0.39 is 30.7 Å². The highest BCUT2D eigenvalue weighted by molar-refractivity contribution is 5.69. The van der Waals surface area contributed by atoms with Crippen LogP contribution in [0.4, 0.5) is 0 Å². The Balaban J connectivity index is 1.06. The van der Waals surface area contributed by atoms with Gasteiger partial charge in [-0.25, -0.2) is 0 Å². The zero-order valence-corrected chi connectivity index (χ0v) is 35.5. The van der Waals surface area contributed by atoms with Gasteiger partial charge in [0, 0.05) is 6.42 Å². The number of fused-ring (bicyclic) bond motifs is 5. The number of ether oxygens (including phenoxy) is 3. The highest BCUT2D eigenvalue weighted by Gasteiger charge is 2.59. The Morgan fingerprint density at radius 2 is 1.50 bits per heavy atom. The smallest absolute Gasteiger partial charge is 0.305 e. The lowest BCUT2D eigenvalue weighted by molar-refractivity contribution is -0.313. The fraction of sp³-hybridized carbons (Fsp3) is 0.936. The molecule has 1 heterocycles. The summed E-state index contributed by atoms with van der Waals surface area (Å²) in [4.78, 5) is 12.5. The molecule has 5 rings (SSSR count). The van der Waals surface area contributed by atoms with Crippen LogP contribution in [0.2, 0.25) is 0 Å². The minimum Gasteiger partial charge on any atom is -0.463 e. The molecule has 0 aromatic rings. The van der Waals surface area contributed by atoms with Gasteiger partial charge in [-0.05, 0) is 104 Å². The van der Waals surface area contributed by atoms with Gasteiger partial charge in [-0.1, -0.05) is 137 Å². The van der Waals surface area contributed by atoms with Gasteiger partial charge in [0.1, 0.15) is 31.0 Å². The van der Waals surface area contributed by atoms with Gasteiger partial charge in [-0.15, -0.1) is 0 Å². The molecule has 0 aromatic heterocycles. The lowest BCUT2D eigenvalue weighted by Gasteiger charge is -2.58. The summed E-state index contributed by atoms with van der Waals surface area (Å²) in [5.74, 6) is 4.45. The number of aliphatic hydroxyl groups excluding tert-OH is 3. The summed E-state index contributed by atoms with van der Waals surface area (Å²) in [6.07, 6.45) is 23.4. The zero-order valence-electron chi connectivity index (χ0n) is 35.5. The standard InChI is InChI=1S/C47H82O7/c1-7-8-9-10-11-12-13-14-15-16-17-21-41(48)52-31-40-42(49)43(50)44(51)45(54-40)53-35-26-28-46(5)34(30-35)22-23-36-38-25-24-37(33(4)20-18-19-32(2)3)47(38,6)29-27-39(36)46/h22,32-33,35-40,42-45,49-51H,7-21,23-31H2,1-6H3/t33-,35?,36?,37-,38?,39?,40-,42-,43+,44-,45?,46+,47-/m1/s1. The average molecular weight is 759 g/mol. The molecule has 13 atom stereocenters. The van der Waals surface area contributed by atoms with Crippen LogP contribution in [0.15, 0.2) is 11.6 Å². The van der Waals surface area contributed by atoms with Gasteiger partial charge < -0.3 is 29.5 Å². The molecule has 3 saturated carbocycles. The van der Waals surface area contributed by atoms with E-state index >= 15 is 0 Å². The number of unbranched alkanes of at least 4 members (excludes halogenated alkanes) is 10. The van der Waals surface area contributed by atoms with Gasteiger partial charge in [0.25, 0.3) is 0 Å². The molecule has 7 heteroatoms. The van der Waals surface area contributed by atoms with Crippen LogP contribution in [-0.2, 0) is 19.0 Å². The first-order valence-electron chi connectivity index (χ1n) is 23.1. The molecule has 54 heavy (non-hydrogen) atoms. The second-order valence-corrected chi connectivity index (χ2v) is 19.8. The third-order valence-corrected chi connectivity index (χ3v) is 15.6. The largest absolute Gasteiger partial charge is 0.463 e. The second kappa shape index (κ2) is 20.6. The summed E-state index contributed by atoms with van der Waals surface area (Å²) in [6.45, 7) is 14.5. The van der Waals surface area contributed by atoms with Gasteiger partial charge in [0.05, 0.1) is 6.10 Å². The van der Waals surface area contributed by atoms with Crippen LogP contribution >= 0.6 is 0 Å². The molecule has 1 saturated heterocycles. The van der Waals surface area contributed by atoms with Crippen LogP contribution in [0.1, 0.15) is 189 Å². The zero-order chi connectivity index (χ0) is 38.9. The third kappa shape index (κ3) is 10.7. The number of aliphatic hydroxyl groups is 3. The first kappa shape index (κ1) is 44.1. The molecule has 312 valence electrons. The van der Waals surface area contributed by atoms with Crippen LogP contribution in [0, 0.1) is 46.3 Å². The molecule has 4 aliphatic carbocycles.